The molecule has 2 rings (SSSR count). The summed E-state index contributed by atoms with van der Waals surface area (Å²) in [5, 5.41) is 0. The van der Waals surface area contributed by atoms with Crippen LogP contribution in [-0.2, 0) is 11.2 Å². The highest BCUT2D eigenvalue weighted by molar-refractivity contribution is 5.94. The number of esters is 1. The largest absolute Gasteiger partial charge is 0.493 e. The van der Waals surface area contributed by atoms with Crippen LogP contribution in [0, 0.1) is 0 Å². The van der Waals surface area contributed by atoms with E-state index < -0.39 is 5.97 Å². The summed E-state index contributed by atoms with van der Waals surface area (Å²) in [4.78, 5) is 23.3. The van der Waals surface area contributed by atoms with Gasteiger partial charge in [0.2, 0.25) is 0 Å². The van der Waals surface area contributed by atoms with Crippen LogP contribution in [0.25, 0.3) is 0 Å². The predicted molar refractivity (Wildman–Crippen MR) is 89.9 cm³/mol. The Labute approximate surface area is 141 Å². The first-order chi connectivity index (χ1) is 11.5. The zero-order valence-electron chi connectivity index (χ0n) is 14.0. The topological polar surface area (TPSA) is 61.8 Å². The number of aryl methyl sites for hydroxylation is 1. The zero-order chi connectivity index (χ0) is 17.5. The fraction of sp³-hybridized carbons (Fsp3) is 0.263. The average Bonchev–Trinajstić information content (AvgIpc) is 2.60. The SMILES string of the molecule is CCc1ccc(OCC(=O)Oc2ccc(C(C)=O)cc2OC)cc1. The van der Waals surface area contributed by atoms with Crippen molar-refractivity contribution in [1.82, 2.24) is 0 Å². The van der Waals surface area contributed by atoms with Gasteiger partial charge in [-0.3, -0.25) is 4.79 Å². The third kappa shape index (κ3) is 4.59. The molecule has 5 heteroatoms. The van der Waals surface area contributed by atoms with E-state index in [-0.39, 0.29) is 18.1 Å². The van der Waals surface area contributed by atoms with Crippen LogP contribution < -0.4 is 14.2 Å². The molecule has 0 aliphatic carbocycles. The van der Waals surface area contributed by atoms with Gasteiger partial charge in [0.15, 0.2) is 23.9 Å². The van der Waals surface area contributed by atoms with Gasteiger partial charge in [0.05, 0.1) is 7.11 Å². The van der Waals surface area contributed by atoms with Crippen molar-refractivity contribution in [3.63, 3.8) is 0 Å². The van der Waals surface area contributed by atoms with Gasteiger partial charge in [0.1, 0.15) is 5.75 Å². The monoisotopic (exact) mass is 328 g/mol. The highest BCUT2D eigenvalue weighted by Gasteiger charge is 2.13. The second-order valence-corrected chi connectivity index (χ2v) is 5.18. The fourth-order valence-corrected chi connectivity index (χ4v) is 2.09. The van der Waals surface area contributed by atoms with E-state index in [9.17, 15) is 9.59 Å². The molecular weight excluding hydrogens is 308 g/mol. The van der Waals surface area contributed by atoms with Crippen LogP contribution in [0.5, 0.6) is 17.2 Å². The van der Waals surface area contributed by atoms with Crippen LogP contribution in [0.1, 0.15) is 29.8 Å². The number of benzene rings is 2. The highest BCUT2D eigenvalue weighted by atomic mass is 16.6. The summed E-state index contributed by atoms with van der Waals surface area (Å²) in [5.74, 6) is 0.525. The second kappa shape index (κ2) is 8.15. The molecule has 0 spiro atoms. The number of rotatable bonds is 7. The van der Waals surface area contributed by atoms with E-state index in [2.05, 4.69) is 6.92 Å². The minimum Gasteiger partial charge on any atom is -0.493 e. The molecule has 0 aromatic heterocycles. The Morgan fingerprint density at radius 3 is 2.29 bits per heavy atom. The van der Waals surface area contributed by atoms with Gasteiger partial charge in [-0.05, 0) is 49.2 Å². The van der Waals surface area contributed by atoms with Crippen molar-refractivity contribution in [3.05, 3.63) is 53.6 Å². The van der Waals surface area contributed by atoms with Gasteiger partial charge in [-0.25, -0.2) is 4.79 Å². The predicted octanol–water partition coefficient (Wildman–Crippen LogP) is 3.44. The van der Waals surface area contributed by atoms with Crippen LogP contribution in [0.3, 0.4) is 0 Å². The molecule has 0 heterocycles. The van der Waals surface area contributed by atoms with Crippen molar-refractivity contribution in [2.45, 2.75) is 20.3 Å². The Bertz CT molecular complexity index is 719. The van der Waals surface area contributed by atoms with Gasteiger partial charge in [0, 0.05) is 5.56 Å². The second-order valence-electron chi connectivity index (χ2n) is 5.18. The van der Waals surface area contributed by atoms with Gasteiger partial charge in [-0.1, -0.05) is 19.1 Å². The molecule has 0 amide bonds. The molecule has 0 aliphatic heterocycles. The molecule has 0 fully saturated rings. The fourth-order valence-electron chi connectivity index (χ4n) is 2.09. The molecule has 0 N–H and O–H groups in total. The van der Waals surface area contributed by atoms with Crippen LogP contribution in [-0.4, -0.2) is 25.5 Å². The Morgan fingerprint density at radius 2 is 1.71 bits per heavy atom. The molecule has 0 unspecified atom stereocenters. The molecule has 0 saturated heterocycles. The normalized spacial score (nSPS) is 10.1. The molecule has 5 nitrogen and oxygen atoms in total. The number of carbonyl (C=O) groups excluding carboxylic acids is 2. The maximum absolute atomic E-state index is 11.9. The molecule has 0 saturated carbocycles. The number of hydrogen-bond donors (Lipinski definition) is 0. The number of Topliss-reactive ketones (excluding diaryl/α,β-unsaturated/α-hetero) is 1. The zero-order valence-corrected chi connectivity index (χ0v) is 14.0. The first-order valence-electron chi connectivity index (χ1n) is 7.65. The summed E-state index contributed by atoms with van der Waals surface area (Å²) in [5.41, 5.74) is 1.68. The third-order valence-corrected chi connectivity index (χ3v) is 3.48. The van der Waals surface area contributed by atoms with Crippen molar-refractivity contribution in [2.24, 2.45) is 0 Å². The lowest BCUT2D eigenvalue weighted by atomic mass is 10.1. The van der Waals surface area contributed by atoms with E-state index in [0.717, 1.165) is 6.42 Å². The molecule has 0 bridgehead atoms. The van der Waals surface area contributed by atoms with E-state index in [1.54, 1.807) is 6.07 Å². The minimum absolute atomic E-state index is 0.0926. The Kier molecular flexibility index (Phi) is 5.95. The van der Waals surface area contributed by atoms with Gasteiger partial charge >= 0.3 is 5.97 Å². The van der Waals surface area contributed by atoms with Crippen LogP contribution in [0.15, 0.2) is 42.5 Å². The molecule has 0 atom stereocenters. The maximum atomic E-state index is 11.9. The lowest BCUT2D eigenvalue weighted by molar-refractivity contribution is -0.136. The molecule has 0 aliphatic rings. The van der Waals surface area contributed by atoms with E-state index in [1.165, 1.54) is 31.7 Å². The van der Waals surface area contributed by atoms with Gasteiger partial charge in [-0.2, -0.15) is 0 Å². The quantitative estimate of drug-likeness (QED) is 0.442. The van der Waals surface area contributed by atoms with Crippen molar-refractivity contribution in [2.75, 3.05) is 13.7 Å². The summed E-state index contributed by atoms with van der Waals surface area (Å²) in [6.07, 6.45) is 0.943. The molecule has 24 heavy (non-hydrogen) atoms. The van der Waals surface area contributed by atoms with Crippen molar-refractivity contribution >= 4 is 11.8 Å². The minimum atomic E-state index is -0.552. The molecular formula is C19H20O5. The number of hydrogen-bond acceptors (Lipinski definition) is 5. The summed E-state index contributed by atoms with van der Waals surface area (Å²) < 4.78 is 15.8. The smallest absolute Gasteiger partial charge is 0.349 e. The maximum Gasteiger partial charge on any atom is 0.349 e. The van der Waals surface area contributed by atoms with Crippen molar-refractivity contribution in [1.29, 1.82) is 0 Å². The standard InChI is InChI=1S/C19H20O5/c1-4-14-5-8-16(9-6-14)23-12-19(21)24-17-10-7-15(13(2)20)11-18(17)22-3/h5-11H,4,12H2,1-3H3. The molecule has 0 radical (unpaired) electrons. The summed E-state index contributed by atoms with van der Waals surface area (Å²) in [6.45, 7) is 3.30. The van der Waals surface area contributed by atoms with Crippen LogP contribution in [0.4, 0.5) is 0 Å². The Morgan fingerprint density at radius 1 is 1.00 bits per heavy atom. The first kappa shape index (κ1) is 17.5. The molecule has 126 valence electrons. The molecule has 2 aromatic rings. The summed E-state index contributed by atoms with van der Waals surface area (Å²) >= 11 is 0. The Hall–Kier alpha value is -2.82. The van der Waals surface area contributed by atoms with Gasteiger partial charge in [-0.15, -0.1) is 0 Å². The van der Waals surface area contributed by atoms with Crippen molar-refractivity contribution < 1.29 is 23.8 Å². The van der Waals surface area contributed by atoms with E-state index >= 15 is 0 Å². The van der Waals surface area contributed by atoms with E-state index in [0.29, 0.717) is 17.1 Å². The highest BCUT2D eigenvalue weighted by Crippen LogP contribution is 2.28. The number of ketones is 1. The lowest BCUT2D eigenvalue weighted by Crippen LogP contribution is -2.18. The number of methoxy groups -OCH3 is 1. The number of carbonyl (C=O) groups is 2. The van der Waals surface area contributed by atoms with Crippen molar-refractivity contribution in [3.8, 4) is 17.2 Å². The van der Waals surface area contributed by atoms with Crippen LogP contribution >= 0.6 is 0 Å². The lowest BCUT2D eigenvalue weighted by Gasteiger charge is -2.11. The van der Waals surface area contributed by atoms with E-state index in [4.69, 9.17) is 14.2 Å². The number of ether oxygens (including phenoxy) is 3. The Balaban J connectivity index is 1.97. The summed E-state index contributed by atoms with van der Waals surface area (Å²) in [7, 11) is 1.45. The first-order valence-corrected chi connectivity index (χ1v) is 7.65. The van der Waals surface area contributed by atoms with E-state index in [1.807, 2.05) is 24.3 Å². The van der Waals surface area contributed by atoms with Gasteiger partial charge < -0.3 is 14.2 Å². The average molecular weight is 328 g/mol. The summed E-state index contributed by atoms with van der Waals surface area (Å²) in [6, 6.07) is 12.2. The van der Waals surface area contributed by atoms with Gasteiger partial charge in [0.25, 0.3) is 0 Å². The molecule has 2 aromatic carbocycles. The third-order valence-electron chi connectivity index (χ3n) is 3.48. The van der Waals surface area contributed by atoms with Crippen LogP contribution in [0.2, 0.25) is 0 Å².